The summed E-state index contributed by atoms with van der Waals surface area (Å²) in [4.78, 5) is 0. The maximum absolute atomic E-state index is 5.70. The van der Waals surface area contributed by atoms with Crippen LogP contribution in [0.1, 0.15) is 59.1 Å². The third-order valence-electron chi connectivity index (χ3n) is 3.40. The molecule has 0 aliphatic heterocycles. The van der Waals surface area contributed by atoms with E-state index in [0.717, 1.165) is 11.7 Å². The van der Waals surface area contributed by atoms with Gasteiger partial charge in [-0.1, -0.05) is 32.0 Å². The van der Waals surface area contributed by atoms with Crippen LogP contribution < -0.4 is 10.1 Å². The number of hydrogen-bond donors (Lipinski definition) is 1. The van der Waals surface area contributed by atoms with E-state index in [1.807, 2.05) is 13.0 Å². The molecule has 1 aromatic rings. The Labute approximate surface area is 118 Å². The van der Waals surface area contributed by atoms with Crippen molar-refractivity contribution in [2.24, 2.45) is 5.92 Å². The van der Waals surface area contributed by atoms with E-state index in [4.69, 9.17) is 4.74 Å². The van der Waals surface area contributed by atoms with E-state index in [1.165, 1.54) is 18.4 Å². The normalized spacial score (nSPS) is 14.4. The number of benzene rings is 1. The summed E-state index contributed by atoms with van der Waals surface area (Å²) in [6.45, 7) is 11.8. The SMILES string of the molecule is CCOc1ccccc1C(C)NC(C)CCC(C)C. The fourth-order valence-corrected chi connectivity index (χ4v) is 2.31. The molecule has 108 valence electrons. The number of rotatable bonds is 8. The van der Waals surface area contributed by atoms with Gasteiger partial charge in [-0.15, -0.1) is 0 Å². The molecule has 2 atom stereocenters. The van der Waals surface area contributed by atoms with Crippen molar-refractivity contribution < 1.29 is 4.74 Å². The van der Waals surface area contributed by atoms with Crippen LogP contribution in [0.15, 0.2) is 24.3 Å². The highest BCUT2D eigenvalue weighted by Gasteiger charge is 2.13. The van der Waals surface area contributed by atoms with Gasteiger partial charge in [-0.3, -0.25) is 0 Å². The van der Waals surface area contributed by atoms with Crippen LogP contribution in [-0.2, 0) is 0 Å². The number of para-hydroxylation sites is 1. The minimum atomic E-state index is 0.324. The Morgan fingerprint density at radius 2 is 1.74 bits per heavy atom. The minimum absolute atomic E-state index is 0.324. The van der Waals surface area contributed by atoms with Gasteiger partial charge in [0.15, 0.2) is 0 Å². The van der Waals surface area contributed by atoms with Crippen LogP contribution in [0.4, 0.5) is 0 Å². The highest BCUT2D eigenvalue weighted by molar-refractivity contribution is 5.35. The molecular weight excluding hydrogens is 234 g/mol. The van der Waals surface area contributed by atoms with Crippen molar-refractivity contribution in [3.8, 4) is 5.75 Å². The second-order valence-corrected chi connectivity index (χ2v) is 5.73. The monoisotopic (exact) mass is 263 g/mol. The van der Waals surface area contributed by atoms with Crippen LogP contribution in [-0.4, -0.2) is 12.6 Å². The number of ether oxygens (including phenoxy) is 1. The predicted molar refractivity (Wildman–Crippen MR) is 82.7 cm³/mol. The largest absolute Gasteiger partial charge is 0.494 e. The molecule has 0 bridgehead atoms. The lowest BCUT2D eigenvalue weighted by Gasteiger charge is -2.23. The standard InChI is InChI=1S/C17H29NO/c1-6-19-17-10-8-7-9-16(17)15(5)18-14(4)12-11-13(2)3/h7-10,13-15,18H,6,11-12H2,1-5H3. The van der Waals surface area contributed by atoms with Gasteiger partial charge in [0, 0.05) is 17.6 Å². The first-order valence-corrected chi connectivity index (χ1v) is 7.52. The fourth-order valence-electron chi connectivity index (χ4n) is 2.31. The second kappa shape index (κ2) is 8.21. The van der Waals surface area contributed by atoms with Gasteiger partial charge in [0.1, 0.15) is 5.75 Å². The molecule has 0 aliphatic rings. The van der Waals surface area contributed by atoms with Crippen molar-refractivity contribution in [1.29, 1.82) is 0 Å². The third kappa shape index (κ3) is 5.65. The van der Waals surface area contributed by atoms with Crippen molar-refractivity contribution in [2.45, 2.75) is 59.5 Å². The summed E-state index contributed by atoms with van der Waals surface area (Å²) < 4.78 is 5.70. The summed E-state index contributed by atoms with van der Waals surface area (Å²) in [7, 11) is 0. The highest BCUT2D eigenvalue weighted by Crippen LogP contribution is 2.25. The Morgan fingerprint density at radius 1 is 1.05 bits per heavy atom. The van der Waals surface area contributed by atoms with E-state index < -0.39 is 0 Å². The van der Waals surface area contributed by atoms with Crippen LogP contribution in [0, 0.1) is 5.92 Å². The predicted octanol–water partition coefficient (Wildman–Crippen LogP) is 4.56. The molecule has 0 amide bonds. The molecule has 0 spiro atoms. The van der Waals surface area contributed by atoms with Gasteiger partial charge in [0.25, 0.3) is 0 Å². The van der Waals surface area contributed by atoms with Crippen LogP contribution in [0.3, 0.4) is 0 Å². The fraction of sp³-hybridized carbons (Fsp3) is 0.647. The van der Waals surface area contributed by atoms with Crippen LogP contribution in [0.2, 0.25) is 0 Å². The van der Waals surface area contributed by atoms with Gasteiger partial charge in [0.2, 0.25) is 0 Å². The zero-order chi connectivity index (χ0) is 14.3. The molecule has 2 unspecified atom stereocenters. The number of hydrogen-bond acceptors (Lipinski definition) is 2. The number of nitrogens with one attached hydrogen (secondary N) is 1. The van der Waals surface area contributed by atoms with Crippen LogP contribution >= 0.6 is 0 Å². The Kier molecular flexibility index (Phi) is 6.93. The molecule has 0 saturated carbocycles. The lowest BCUT2D eigenvalue weighted by atomic mass is 10.0. The lowest BCUT2D eigenvalue weighted by Crippen LogP contribution is -2.29. The quantitative estimate of drug-likeness (QED) is 0.742. The Hall–Kier alpha value is -1.02. The molecule has 1 rings (SSSR count). The molecule has 2 heteroatoms. The van der Waals surface area contributed by atoms with Gasteiger partial charge in [-0.2, -0.15) is 0 Å². The summed E-state index contributed by atoms with van der Waals surface area (Å²) >= 11 is 0. The van der Waals surface area contributed by atoms with Gasteiger partial charge >= 0.3 is 0 Å². The van der Waals surface area contributed by atoms with E-state index in [1.54, 1.807) is 0 Å². The van der Waals surface area contributed by atoms with Crippen molar-refractivity contribution in [3.05, 3.63) is 29.8 Å². The maximum atomic E-state index is 5.70. The summed E-state index contributed by atoms with van der Waals surface area (Å²) in [5.74, 6) is 1.77. The van der Waals surface area contributed by atoms with E-state index >= 15 is 0 Å². The Morgan fingerprint density at radius 3 is 2.37 bits per heavy atom. The Bertz CT molecular complexity index is 362. The molecule has 0 fully saturated rings. The molecule has 1 N–H and O–H groups in total. The van der Waals surface area contributed by atoms with E-state index in [9.17, 15) is 0 Å². The van der Waals surface area contributed by atoms with Crippen molar-refractivity contribution in [1.82, 2.24) is 5.32 Å². The topological polar surface area (TPSA) is 21.3 Å². The van der Waals surface area contributed by atoms with E-state index in [2.05, 4.69) is 51.2 Å². The summed E-state index contributed by atoms with van der Waals surface area (Å²) in [5, 5.41) is 3.67. The van der Waals surface area contributed by atoms with Gasteiger partial charge in [0.05, 0.1) is 6.61 Å². The first kappa shape index (κ1) is 16.0. The molecule has 0 heterocycles. The van der Waals surface area contributed by atoms with Gasteiger partial charge < -0.3 is 10.1 Å². The molecule has 1 aromatic carbocycles. The highest BCUT2D eigenvalue weighted by atomic mass is 16.5. The molecule has 2 nitrogen and oxygen atoms in total. The summed E-state index contributed by atoms with van der Waals surface area (Å²) in [6, 6.07) is 9.17. The zero-order valence-corrected chi connectivity index (χ0v) is 13.1. The van der Waals surface area contributed by atoms with E-state index in [0.29, 0.717) is 18.7 Å². The second-order valence-electron chi connectivity index (χ2n) is 5.73. The Balaban J connectivity index is 2.59. The first-order valence-electron chi connectivity index (χ1n) is 7.52. The van der Waals surface area contributed by atoms with Crippen molar-refractivity contribution in [2.75, 3.05) is 6.61 Å². The average molecular weight is 263 g/mol. The molecule has 0 saturated heterocycles. The molecule has 19 heavy (non-hydrogen) atoms. The maximum Gasteiger partial charge on any atom is 0.124 e. The smallest absolute Gasteiger partial charge is 0.124 e. The van der Waals surface area contributed by atoms with Gasteiger partial charge in [-0.05, 0) is 45.6 Å². The third-order valence-corrected chi connectivity index (χ3v) is 3.40. The van der Waals surface area contributed by atoms with Crippen molar-refractivity contribution >= 4 is 0 Å². The lowest BCUT2D eigenvalue weighted by molar-refractivity contribution is 0.329. The molecule has 0 radical (unpaired) electrons. The minimum Gasteiger partial charge on any atom is -0.494 e. The molecule has 0 aliphatic carbocycles. The molecule has 0 aromatic heterocycles. The summed E-state index contributed by atoms with van der Waals surface area (Å²) in [5.41, 5.74) is 1.25. The summed E-state index contributed by atoms with van der Waals surface area (Å²) in [6.07, 6.45) is 2.49. The average Bonchev–Trinajstić information content (AvgIpc) is 2.37. The van der Waals surface area contributed by atoms with Crippen LogP contribution in [0.25, 0.3) is 0 Å². The van der Waals surface area contributed by atoms with Gasteiger partial charge in [-0.25, -0.2) is 0 Å². The first-order chi connectivity index (χ1) is 9.04. The van der Waals surface area contributed by atoms with Crippen molar-refractivity contribution in [3.63, 3.8) is 0 Å². The zero-order valence-electron chi connectivity index (χ0n) is 13.1. The van der Waals surface area contributed by atoms with E-state index in [-0.39, 0.29) is 0 Å². The van der Waals surface area contributed by atoms with Crippen LogP contribution in [0.5, 0.6) is 5.75 Å². The molecular formula is C17H29NO.